The van der Waals surface area contributed by atoms with Crippen molar-refractivity contribution in [3.8, 4) is 0 Å². The Morgan fingerprint density at radius 2 is 1.68 bits per heavy atom. The fraction of sp³-hybridized carbons (Fsp3) is 0.467. The predicted molar refractivity (Wildman–Crippen MR) is 161 cm³/mol. The number of anilines is 4. The van der Waals surface area contributed by atoms with Crippen molar-refractivity contribution in [1.29, 1.82) is 0 Å². The lowest BCUT2D eigenvalue weighted by molar-refractivity contribution is -0.0363. The van der Waals surface area contributed by atoms with E-state index < -0.39 is 28.3 Å². The molecule has 5 heterocycles. The third-order valence-electron chi connectivity index (χ3n) is 7.99. The summed E-state index contributed by atoms with van der Waals surface area (Å²) >= 11 is 0. The molecule has 0 aliphatic carbocycles. The van der Waals surface area contributed by atoms with Gasteiger partial charge in [0.2, 0.25) is 0 Å². The number of halogens is 2. The van der Waals surface area contributed by atoms with Crippen molar-refractivity contribution in [3.05, 3.63) is 53.2 Å². The Bertz CT molecular complexity index is 1790. The fourth-order valence-corrected chi connectivity index (χ4v) is 6.50. The number of hydrogen-bond donors (Lipinski definition) is 2. The first-order valence-electron chi connectivity index (χ1n) is 14.7. The highest BCUT2D eigenvalue weighted by Crippen LogP contribution is 2.38. The van der Waals surface area contributed by atoms with E-state index in [0.717, 1.165) is 55.3 Å². The zero-order chi connectivity index (χ0) is 31.0. The molecule has 0 bridgehead atoms. The smallest absolute Gasteiger partial charge is 0.295 e. The quantitative estimate of drug-likeness (QED) is 0.220. The van der Waals surface area contributed by atoms with Gasteiger partial charge in [0.15, 0.2) is 21.3 Å². The van der Waals surface area contributed by atoms with Crippen LogP contribution in [0.5, 0.6) is 0 Å². The van der Waals surface area contributed by atoms with E-state index in [0.29, 0.717) is 25.5 Å². The number of aryl methyl sites for hydroxylation is 2. The van der Waals surface area contributed by atoms with Crippen LogP contribution in [0, 0.1) is 13.8 Å². The van der Waals surface area contributed by atoms with Gasteiger partial charge in [-0.05, 0) is 70.1 Å². The number of benzene rings is 1. The fourth-order valence-electron chi connectivity index (χ4n) is 5.64. The number of hydrogen-bond acceptors (Lipinski definition) is 10. The van der Waals surface area contributed by atoms with Crippen LogP contribution in [0.1, 0.15) is 80.1 Å². The monoisotopic (exact) mass is 627 g/mol. The number of rotatable bonds is 8. The van der Waals surface area contributed by atoms with Gasteiger partial charge >= 0.3 is 0 Å². The van der Waals surface area contributed by atoms with Crippen LogP contribution in [-0.4, -0.2) is 52.4 Å². The van der Waals surface area contributed by atoms with E-state index in [2.05, 4.69) is 30.6 Å². The van der Waals surface area contributed by atoms with Gasteiger partial charge in [-0.15, -0.1) is 0 Å². The van der Waals surface area contributed by atoms with Crippen LogP contribution in [0.4, 0.5) is 31.8 Å². The van der Waals surface area contributed by atoms with E-state index in [-0.39, 0.29) is 39.4 Å². The van der Waals surface area contributed by atoms with E-state index in [4.69, 9.17) is 9.47 Å². The van der Waals surface area contributed by atoms with Gasteiger partial charge in [0.1, 0.15) is 23.4 Å². The molecule has 0 amide bonds. The molecule has 0 saturated carbocycles. The van der Waals surface area contributed by atoms with Crippen LogP contribution >= 0.6 is 0 Å². The van der Waals surface area contributed by atoms with Crippen molar-refractivity contribution >= 4 is 44.0 Å². The maximum Gasteiger partial charge on any atom is 0.295 e. The van der Waals surface area contributed by atoms with Crippen molar-refractivity contribution in [1.82, 2.24) is 24.5 Å². The molecule has 1 aromatic carbocycles. The molecular weight excluding hydrogens is 592 g/mol. The van der Waals surface area contributed by atoms with Crippen LogP contribution in [-0.2, 0) is 19.3 Å². The highest BCUT2D eigenvalue weighted by Gasteiger charge is 2.30. The second-order valence-electron chi connectivity index (χ2n) is 11.2. The number of nitrogens with zero attached hydrogens (tertiary/aromatic N) is 5. The molecule has 44 heavy (non-hydrogen) atoms. The molecule has 6 rings (SSSR count). The summed E-state index contributed by atoms with van der Waals surface area (Å²) in [5.74, 6) is 0.218. The topological polar surface area (TPSA) is 133 Å². The van der Waals surface area contributed by atoms with E-state index in [1.807, 2.05) is 19.9 Å². The lowest BCUT2D eigenvalue weighted by atomic mass is 10.0. The first-order valence-corrected chi connectivity index (χ1v) is 16.6. The molecule has 234 valence electrons. The molecule has 2 fully saturated rings. The van der Waals surface area contributed by atoms with Crippen molar-refractivity contribution in [2.24, 2.45) is 0 Å². The maximum absolute atomic E-state index is 14.4. The van der Waals surface area contributed by atoms with Crippen LogP contribution in [0.15, 0.2) is 35.4 Å². The zero-order valence-corrected chi connectivity index (χ0v) is 25.6. The summed E-state index contributed by atoms with van der Waals surface area (Å²) < 4.78 is 68.0. The third-order valence-corrected chi connectivity index (χ3v) is 9.13. The van der Waals surface area contributed by atoms with E-state index >= 15 is 0 Å². The molecule has 2 N–H and O–H groups in total. The SMILES string of the molecule is Cc1ncc(Nc2cc(Nc3ccc(C4CCCCO4)cc3S(C)(=O)=O)c3nc(C(F)F)n(C4CCCCO4)c3n2)nc1C. The average Bonchev–Trinajstić information content (AvgIpc) is 3.40. The average molecular weight is 628 g/mol. The lowest BCUT2D eigenvalue weighted by Gasteiger charge is -2.25. The number of sulfone groups is 1. The molecule has 3 aromatic heterocycles. The van der Waals surface area contributed by atoms with Crippen LogP contribution < -0.4 is 10.6 Å². The van der Waals surface area contributed by atoms with Gasteiger partial charge in [0, 0.05) is 25.5 Å². The molecule has 2 atom stereocenters. The first kappa shape index (κ1) is 30.3. The summed E-state index contributed by atoms with van der Waals surface area (Å²) in [4.78, 5) is 17.9. The summed E-state index contributed by atoms with van der Waals surface area (Å²) in [5, 5.41) is 6.31. The zero-order valence-electron chi connectivity index (χ0n) is 24.8. The Morgan fingerprint density at radius 3 is 2.34 bits per heavy atom. The van der Waals surface area contributed by atoms with Crippen molar-refractivity contribution < 1.29 is 26.7 Å². The third kappa shape index (κ3) is 6.24. The number of pyridine rings is 1. The van der Waals surface area contributed by atoms with Gasteiger partial charge in [-0.1, -0.05) is 6.07 Å². The molecular formula is C30H35F2N7O4S. The lowest BCUT2D eigenvalue weighted by Crippen LogP contribution is -2.20. The minimum Gasteiger partial charge on any atom is -0.374 e. The highest BCUT2D eigenvalue weighted by atomic mass is 32.2. The molecule has 2 unspecified atom stereocenters. The molecule has 4 aromatic rings. The van der Waals surface area contributed by atoms with E-state index in [9.17, 15) is 17.2 Å². The highest BCUT2D eigenvalue weighted by molar-refractivity contribution is 7.90. The summed E-state index contributed by atoms with van der Waals surface area (Å²) in [5.41, 5.74) is 3.15. The number of alkyl halides is 2. The summed E-state index contributed by atoms with van der Waals surface area (Å²) in [6, 6.07) is 6.72. The second kappa shape index (κ2) is 12.3. The van der Waals surface area contributed by atoms with Gasteiger partial charge in [0.05, 0.1) is 40.0 Å². The minimum absolute atomic E-state index is 0.0628. The second-order valence-corrected chi connectivity index (χ2v) is 13.2. The molecule has 2 aliphatic heterocycles. The molecule has 0 radical (unpaired) electrons. The Hall–Kier alpha value is -3.75. The number of ether oxygens (including phenoxy) is 2. The Morgan fingerprint density at radius 1 is 0.909 bits per heavy atom. The first-order chi connectivity index (χ1) is 21.1. The Kier molecular flexibility index (Phi) is 8.49. The predicted octanol–water partition coefficient (Wildman–Crippen LogP) is 6.61. The number of aromatic nitrogens is 5. The van der Waals surface area contributed by atoms with Crippen molar-refractivity contribution in [2.75, 3.05) is 30.1 Å². The number of nitrogens with one attached hydrogen (secondary N) is 2. The maximum atomic E-state index is 14.4. The van der Waals surface area contributed by atoms with Gasteiger partial charge < -0.3 is 20.1 Å². The van der Waals surface area contributed by atoms with E-state index in [1.54, 1.807) is 24.4 Å². The summed E-state index contributed by atoms with van der Waals surface area (Å²) in [6.07, 6.45) is 3.86. The summed E-state index contributed by atoms with van der Waals surface area (Å²) in [7, 11) is -3.70. The molecule has 0 spiro atoms. The Labute approximate surface area is 254 Å². The van der Waals surface area contributed by atoms with Gasteiger partial charge in [-0.25, -0.2) is 32.2 Å². The van der Waals surface area contributed by atoms with Crippen molar-refractivity contribution in [2.45, 2.75) is 76.0 Å². The number of imidazole rings is 1. The standard InChI is InChI=1S/C30H35F2N7O4S/c1-17-18(2)34-25(16-33-17)36-24-15-21(27-29(37-24)39(30(38-27)28(31)32)26-9-5-7-13-43-26)35-20-11-10-19(14-23(20)44(3,40)41)22-8-4-6-12-42-22/h10-11,14-16,22,26,28H,4-9,12-13H2,1-3H3,(H2,34,35,36,37). The minimum atomic E-state index is -3.70. The van der Waals surface area contributed by atoms with Crippen LogP contribution in [0.25, 0.3) is 11.2 Å². The van der Waals surface area contributed by atoms with Crippen molar-refractivity contribution in [3.63, 3.8) is 0 Å². The summed E-state index contributed by atoms with van der Waals surface area (Å²) in [6.45, 7) is 4.73. The van der Waals surface area contributed by atoms with Gasteiger partial charge in [0.25, 0.3) is 6.43 Å². The molecule has 2 saturated heterocycles. The normalized spacial score (nSPS) is 19.4. The van der Waals surface area contributed by atoms with E-state index in [1.165, 1.54) is 4.57 Å². The Balaban J connectivity index is 1.49. The van der Waals surface area contributed by atoms with Gasteiger partial charge in [-0.2, -0.15) is 0 Å². The molecule has 11 nitrogen and oxygen atoms in total. The van der Waals surface area contributed by atoms with Gasteiger partial charge in [-0.3, -0.25) is 9.55 Å². The molecule has 2 aliphatic rings. The largest absolute Gasteiger partial charge is 0.374 e. The van der Waals surface area contributed by atoms with Crippen LogP contribution in [0.2, 0.25) is 0 Å². The number of fused-ring (bicyclic) bond motifs is 1. The van der Waals surface area contributed by atoms with Crippen LogP contribution in [0.3, 0.4) is 0 Å². The molecule has 14 heteroatoms.